The zero-order valence-corrected chi connectivity index (χ0v) is 14.5. The summed E-state index contributed by atoms with van der Waals surface area (Å²) in [6.45, 7) is 2.84. The van der Waals surface area contributed by atoms with E-state index in [4.69, 9.17) is 9.47 Å². The number of methoxy groups -OCH3 is 1. The van der Waals surface area contributed by atoms with Gasteiger partial charge in [-0.05, 0) is 37.2 Å². The quantitative estimate of drug-likeness (QED) is 0.842. The van der Waals surface area contributed by atoms with Crippen LogP contribution in [0.1, 0.15) is 16.8 Å². The van der Waals surface area contributed by atoms with Crippen LogP contribution in [0.4, 0.5) is 0 Å². The summed E-state index contributed by atoms with van der Waals surface area (Å²) in [4.78, 5) is 15.1. The number of carbonyl (C=O) groups excluding carboxylic acids is 1. The van der Waals surface area contributed by atoms with Crippen molar-refractivity contribution in [3.05, 3.63) is 60.2 Å². The fourth-order valence-corrected chi connectivity index (χ4v) is 3.05. The van der Waals surface area contributed by atoms with E-state index in [1.165, 1.54) is 0 Å². The van der Waals surface area contributed by atoms with Gasteiger partial charge in [0.05, 0.1) is 12.2 Å². The molecular formula is C20H24N2O3. The molecule has 0 radical (unpaired) electrons. The van der Waals surface area contributed by atoms with Crippen molar-refractivity contribution >= 4 is 5.91 Å². The highest BCUT2D eigenvalue weighted by Crippen LogP contribution is 2.27. The van der Waals surface area contributed by atoms with Crippen molar-refractivity contribution in [2.45, 2.75) is 12.5 Å². The maximum absolute atomic E-state index is 13.2. The SMILES string of the molecule is COCCN(C(=O)c1ccccc1Oc1ccccc1)[C@H]1CCNC1. The molecule has 0 bridgehead atoms. The van der Waals surface area contributed by atoms with Crippen molar-refractivity contribution in [1.29, 1.82) is 0 Å². The molecule has 1 atom stereocenters. The van der Waals surface area contributed by atoms with E-state index in [1.54, 1.807) is 7.11 Å². The molecule has 3 rings (SSSR count). The average Bonchev–Trinajstić information content (AvgIpc) is 3.18. The van der Waals surface area contributed by atoms with Gasteiger partial charge < -0.3 is 19.7 Å². The number of ether oxygens (including phenoxy) is 2. The largest absolute Gasteiger partial charge is 0.457 e. The Labute approximate surface area is 148 Å². The molecule has 2 aromatic carbocycles. The number of para-hydroxylation sites is 2. The lowest BCUT2D eigenvalue weighted by Crippen LogP contribution is -2.43. The Hall–Kier alpha value is -2.37. The molecule has 5 heteroatoms. The van der Waals surface area contributed by atoms with E-state index in [2.05, 4.69) is 5.32 Å². The first kappa shape index (κ1) is 17.5. The van der Waals surface area contributed by atoms with E-state index in [0.717, 1.165) is 19.5 Å². The summed E-state index contributed by atoms with van der Waals surface area (Å²) in [5, 5.41) is 3.32. The van der Waals surface area contributed by atoms with Gasteiger partial charge >= 0.3 is 0 Å². The third kappa shape index (κ3) is 4.38. The van der Waals surface area contributed by atoms with E-state index in [1.807, 2.05) is 59.5 Å². The predicted octanol–water partition coefficient (Wildman–Crippen LogP) is 2.93. The number of carbonyl (C=O) groups is 1. The smallest absolute Gasteiger partial charge is 0.258 e. The van der Waals surface area contributed by atoms with E-state index in [-0.39, 0.29) is 11.9 Å². The molecule has 5 nitrogen and oxygen atoms in total. The van der Waals surface area contributed by atoms with E-state index >= 15 is 0 Å². The summed E-state index contributed by atoms with van der Waals surface area (Å²) >= 11 is 0. The highest BCUT2D eigenvalue weighted by atomic mass is 16.5. The van der Waals surface area contributed by atoms with Gasteiger partial charge in [-0.25, -0.2) is 0 Å². The summed E-state index contributed by atoms with van der Waals surface area (Å²) in [6.07, 6.45) is 0.956. The topological polar surface area (TPSA) is 50.8 Å². The fraction of sp³-hybridized carbons (Fsp3) is 0.350. The van der Waals surface area contributed by atoms with Gasteiger partial charge in [0.15, 0.2) is 0 Å². The summed E-state index contributed by atoms with van der Waals surface area (Å²) in [7, 11) is 1.65. The Morgan fingerprint density at radius 1 is 1.16 bits per heavy atom. The van der Waals surface area contributed by atoms with Gasteiger partial charge in [-0.3, -0.25) is 4.79 Å². The minimum atomic E-state index is -0.0164. The molecule has 1 aliphatic heterocycles. The van der Waals surface area contributed by atoms with Crippen LogP contribution in [0.3, 0.4) is 0 Å². The molecular weight excluding hydrogens is 316 g/mol. The summed E-state index contributed by atoms with van der Waals surface area (Å²) < 4.78 is 11.2. The molecule has 2 aromatic rings. The third-order valence-corrected chi connectivity index (χ3v) is 4.36. The number of nitrogens with zero attached hydrogens (tertiary/aromatic N) is 1. The molecule has 0 spiro atoms. The van der Waals surface area contributed by atoms with E-state index in [0.29, 0.717) is 30.2 Å². The van der Waals surface area contributed by atoms with Crippen molar-refractivity contribution < 1.29 is 14.3 Å². The number of benzene rings is 2. The minimum absolute atomic E-state index is 0.0164. The van der Waals surface area contributed by atoms with Crippen LogP contribution in [0.2, 0.25) is 0 Å². The number of rotatable bonds is 7. The van der Waals surface area contributed by atoms with Crippen molar-refractivity contribution in [1.82, 2.24) is 10.2 Å². The van der Waals surface area contributed by atoms with Gasteiger partial charge in [-0.2, -0.15) is 0 Å². The van der Waals surface area contributed by atoms with Gasteiger partial charge in [-0.15, -0.1) is 0 Å². The molecule has 1 amide bonds. The van der Waals surface area contributed by atoms with Crippen LogP contribution in [0.25, 0.3) is 0 Å². The van der Waals surface area contributed by atoms with Gasteiger partial charge in [0.1, 0.15) is 11.5 Å². The number of hydrogen-bond acceptors (Lipinski definition) is 4. The van der Waals surface area contributed by atoms with Crippen LogP contribution in [-0.2, 0) is 4.74 Å². The maximum atomic E-state index is 13.2. The lowest BCUT2D eigenvalue weighted by atomic mass is 10.1. The second-order valence-corrected chi connectivity index (χ2v) is 6.05. The van der Waals surface area contributed by atoms with Crippen LogP contribution in [0.15, 0.2) is 54.6 Å². The van der Waals surface area contributed by atoms with Crippen molar-refractivity contribution in [3.8, 4) is 11.5 Å². The Morgan fingerprint density at radius 3 is 2.64 bits per heavy atom. The number of amides is 1. The average molecular weight is 340 g/mol. The normalized spacial score (nSPS) is 16.6. The number of nitrogens with one attached hydrogen (secondary N) is 1. The first-order valence-corrected chi connectivity index (χ1v) is 8.62. The summed E-state index contributed by atoms with van der Waals surface area (Å²) in [5.74, 6) is 1.28. The van der Waals surface area contributed by atoms with E-state index < -0.39 is 0 Å². The Kier molecular flexibility index (Phi) is 6.04. The second kappa shape index (κ2) is 8.65. The highest BCUT2D eigenvalue weighted by molar-refractivity contribution is 5.97. The zero-order valence-electron chi connectivity index (χ0n) is 14.5. The predicted molar refractivity (Wildman–Crippen MR) is 97.1 cm³/mol. The second-order valence-electron chi connectivity index (χ2n) is 6.05. The lowest BCUT2D eigenvalue weighted by molar-refractivity contribution is 0.0616. The molecule has 1 heterocycles. The first-order chi connectivity index (χ1) is 12.3. The molecule has 0 unspecified atom stereocenters. The monoisotopic (exact) mass is 340 g/mol. The standard InChI is InChI=1S/C20H24N2O3/c1-24-14-13-22(16-11-12-21-15-16)20(23)18-9-5-6-10-19(18)25-17-7-3-2-4-8-17/h2-10,16,21H,11-15H2,1H3/t16-/m0/s1. The summed E-state index contributed by atoms with van der Waals surface area (Å²) in [6, 6.07) is 17.1. The van der Waals surface area contributed by atoms with Crippen molar-refractivity contribution in [2.24, 2.45) is 0 Å². The Morgan fingerprint density at radius 2 is 1.92 bits per heavy atom. The van der Waals surface area contributed by atoms with Crippen LogP contribution < -0.4 is 10.1 Å². The molecule has 1 saturated heterocycles. The fourth-order valence-electron chi connectivity index (χ4n) is 3.05. The van der Waals surface area contributed by atoms with Gasteiger partial charge in [0, 0.05) is 26.2 Å². The van der Waals surface area contributed by atoms with Gasteiger partial charge in [0.2, 0.25) is 0 Å². The minimum Gasteiger partial charge on any atom is -0.457 e. The molecule has 25 heavy (non-hydrogen) atoms. The Balaban J connectivity index is 1.84. The van der Waals surface area contributed by atoms with Crippen LogP contribution in [0, 0.1) is 0 Å². The number of hydrogen-bond donors (Lipinski definition) is 1. The lowest BCUT2D eigenvalue weighted by Gasteiger charge is -2.29. The van der Waals surface area contributed by atoms with Crippen molar-refractivity contribution in [3.63, 3.8) is 0 Å². The van der Waals surface area contributed by atoms with Crippen LogP contribution in [0.5, 0.6) is 11.5 Å². The Bertz CT molecular complexity index is 684. The maximum Gasteiger partial charge on any atom is 0.258 e. The van der Waals surface area contributed by atoms with Crippen molar-refractivity contribution in [2.75, 3.05) is 33.4 Å². The van der Waals surface area contributed by atoms with Gasteiger partial charge in [0.25, 0.3) is 5.91 Å². The zero-order chi connectivity index (χ0) is 17.5. The van der Waals surface area contributed by atoms with Crippen LogP contribution >= 0.6 is 0 Å². The molecule has 1 N–H and O–H groups in total. The summed E-state index contributed by atoms with van der Waals surface area (Å²) in [5.41, 5.74) is 0.578. The first-order valence-electron chi connectivity index (χ1n) is 8.62. The van der Waals surface area contributed by atoms with E-state index in [9.17, 15) is 4.79 Å². The van der Waals surface area contributed by atoms with Gasteiger partial charge in [-0.1, -0.05) is 30.3 Å². The molecule has 132 valence electrons. The molecule has 0 aromatic heterocycles. The highest BCUT2D eigenvalue weighted by Gasteiger charge is 2.28. The molecule has 1 aliphatic rings. The van der Waals surface area contributed by atoms with Crippen LogP contribution in [-0.4, -0.2) is 50.2 Å². The third-order valence-electron chi connectivity index (χ3n) is 4.36. The molecule has 0 aliphatic carbocycles. The molecule has 1 fully saturated rings. The molecule has 0 saturated carbocycles.